The molecule has 0 N–H and O–H groups in total. The SMILES string of the molecule is Cn1c2ccccc2c2cc(N(c3ccc(-c4sc(-c5cc6oc7cc(-c8sc(-c9ccc(N(c%10ccc%11c(c%10)c%10ccccc%10n%11C)c%10ccc%11c(c%10)c%10ccccc%10n%11C)cc9)c9c8OCCO9)c8ccccc8c7c6c6ccccc56)c5c4OCCO5)cc3)c3ccc4c(c3)c3ccccc3n4C)ccc21.[HH].[HH].[HH].[HH]. The Morgan fingerprint density at radius 3 is 0.826 bits per heavy atom. The number of anilines is 6. The molecular weight excluding hydrogens is 1380 g/mol. The number of fused-ring (bicyclic) bond motifs is 21. The highest BCUT2D eigenvalue weighted by atomic mass is 32.1. The summed E-state index contributed by atoms with van der Waals surface area (Å²) >= 11 is 3.42. The minimum absolute atomic E-state index is 0. The van der Waals surface area contributed by atoms with Crippen molar-refractivity contribution in [2.24, 2.45) is 28.2 Å². The lowest BCUT2D eigenvalue weighted by Gasteiger charge is -2.26. The lowest BCUT2D eigenvalue weighted by molar-refractivity contribution is 0.175. The molecule has 0 radical (unpaired) electrons. The summed E-state index contributed by atoms with van der Waals surface area (Å²) in [6, 6.07) is 102. The first kappa shape index (κ1) is 62.0. The molecule has 9 heterocycles. The van der Waals surface area contributed by atoms with Gasteiger partial charge in [-0.3, -0.25) is 0 Å². The summed E-state index contributed by atoms with van der Waals surface area (Å²) in [5, 5.41) is 16.3. The molecule has 7 aromatic heterocycles. The maximum absolute atomic E-state index is 7.32. The molecule has 109 heavy (non-hydrogen) atoms. The van der Waals surface area contributed by atoms with E-state index in [0.29, 0.717) is 26.4 Å². The van der Waals surface area contributed by atoms with Crippen LogP contribution in [-0.4, -0.2) is 44.7 Å². The first-order valence-corrected chi connectivity index (χ1v) is 38.7. The second kappa shape index (κ2) is 23.6. The predicted octanol–water partition coefficient (Wildman–Crippen LogP) is 26.7. The van der Waals surface area contributed by atoms with Gasteiger partial charge in [-0.1, -0.05) is 146 Å². The predicted molar refractivity (Wildman–Crippen MR) is 462 cm³/mol. The number of aryl methyl sites for hydroxylation is 4. The second-order valence-electron chi connectivity index (χ2n) is 28.9. The van der Waals surface area contributed by atoms with Crippen molar-refractivity contribution in [1.29, 1.82) is 0 Å². The zero-order valence-corrected chi connectivity index (χ0v) is 61.6. The number of rotatable bonds is 10. The van der Waals surface area contributed by atoms with E-state index in [2.05, 4.69) is 335 Å². The van der Waals surface area contributed by atoms with Crippen LogP contribution in [0.25, 0.3) is 172 Å². The quantitative estimate of drug-likeness (QED) is 0.135. The lowest BCUT2D eigenvalue weighted by Crippen LogP contribution is -2.14. The summed E-state index contributed by atoms with van der Waals surface area (Å²) in [5.41, 5.74) is 21.6. The van der Waals surface area contributed by atoms with E-state index in [1.54, 1.807) is 22.7 Å². The van der Waals surface area contributed by atoms with Crippen molar-refractivity contribution < 1.29 is 29.1 Å². The first-order chi connectivity index (χ1) is 53.7. The first-order valence-electron chi connectivity index (χ1n) is 37.1. The molecule has 23 rings (SSSR count). The van der Waals surface area contributed by atoms with Crippen molar-refractivity contribution >= 4 is 188 Å². The number of ether oxygens (including phenoxy) is 4. The van der Waals surface area contributed by atoms with Crippen LogP contribution in [0.2, 0.25) is 0 Å². The molecule has 11 nitrogen and oxygen atoms in total. The van der Waals surface area contributed by atoms with Gasteiger partial charge in [0, 0.05) is 177 Å². The normalized spacial score (nSPS) is 13.1. The molecule has 2 aliphatic heterocycles. The maximum Gasteiger partial charge on any atom is 0.180 e. The Bertz CT molecular complexity index is 6800. The number of thiophene rings is 2. The fourth-order valence-corrected chi connectivity index (χ4v) is 20.6. The topological polar surface area (TPSA) is 76.3 Å². The molecule has 0 fully saturated rings. The van der Waals surface area contributed by atoms with Crippen molar-refractivity contribution in [2.45, 2.75) is 0 Å². The summed E-state index contributed by atoms with van der Waals surface area (Å²) in [7, 11) is 8.63. The Labute approximate surface area is 639 Å². The molecule has 0 spiro atoms. The third kappa shape index (κ3) is 9.14. The Morgan fingerprint density at radius 1 is 0.257 bits per heavy atom. The second-order valence-corrected chi connectivity index (χ2v) is 30.9. The van der Waals surface area contributed by atoms with Crippen LogP contribution in [0, 0.1) is 0 Å². The van der Waals surface area contributed by atoms with Gasteiger partial charge >= 0.3 is 0 Å². The summed E-state index contributed by atoms with van der Waals surface area (Å²) in [6.45, 7) is 1.77. The third-order valence-electron chi connectivity index (χ3n) is 23.2. The molecule has 0 aliphatic carbocycles. The van der Waals surface area contributed by atoms with Gasteiger partial charge in [-0.2, -0.15) is 0 Å². The Hall–Kier alpha value is -13.2. The van der Waals surface area contributed by atoms with Gasteiger partial charge in [-0.25, -0.2) is 0 Å². The van der Waals surface area contributed by atoms with Crippen LogP contribution in [0.1, 0.15) is 5.71 Å². The van der Waals surface area contributed by atoms with Crippen molar-refractivity contribution in [3.8, 4) is 64.8 Å². The van der Waals surface area contributed by atoms with Crippen molar-refractivity contribution in [2.75, 3.05) is 36.2 Å². The molecule has 14 aromatic carbocycles. The number of hydrogen-bond acceptors (Lipinski definition) is 9. The smallest absolute Gasteiger partial charge is 0.180 e. The van der Waals surface area contributed by atoms with Crippen molar-refractivity contribution in [3.05, 3.63) is 279 Å². The molecule has 2 aliphatic rings. The highest BCUT2D eigenvalue weighted by Crippen LogP contribution is 2.59. The van der Waals surface area contributed by atoms with Gasteiger partial charge in [0.15, 0.2) is 23.0 Å². The standard InChI is InChI=1S/C96H66N6O5S2.4H2/c1-97-77-25-13-9-19-65(77)71-49-59(37-41-81(71)97)101(60-38-42-82-72(50-60)66-20-10-14-26-78(66)98(82)2)57-33-29-55(30-34-57)93-89-91(105-47-45-103-89)95(108-93)75-53-85-87(69-23-7-5-17-63(69)75)88-70-24-8-6-18-64(70)76(54-86(88)107-85)96-92-90(104-46-48-106-92)94(109-96)56-31-35-58(36-32-56)102(61-39-43-83-73(51-61)67-21-11-15-27-79(67)99(83)3)62-40-44-84-74(52-62)68-22-12-16-28-80(68)100(84)4;;;;/h5-44,49-54H,45-48H2,1-4H3;4*1H. The molecule has 530 valence electrons. The fraction of sp³-hybridized carbons (Fsp3) is 0.0833. The van der Waals surface area contributed by atoms with E-state index < -0.39 is 0 Å². The van der Waals surface area contributed by atoms with Crippen LogP contribution in [0.15, 0.2) is 283 Å². The van der Waals surface area contributed by atoms with Gasteiger partial charge in [0.25, 0.3) is 0 Å². The zero-order valence-electron chi connectivity index (χ0n) is 59.9. The third-order valence-corrected chi connectivity index (χ3v) is 25.6. The van der Waals surface area contributed by atoms with E-state index >= 15 is 0 Å². The van der Waals surface area contributed by atoms with Crippen molar-refractivity contribution in [1.82, 2.24) is 18.3 Å². The van der Waals surface area contributed by atoms with Crippen LogP contribution in [-0.2, 0) is 28.2 Å². The number of nitrogens with zero attached hydrogens (tertiary/aromatic N) is 6. The molecule has 0 atom stereocenters. The van der Waals surface area contributed by atoms with Gasteiger partial charge in [0.2, 0.25) is 0 Å². The van der Waals surface area contributed by atoms with Gasteiger partial charge in [-0.15, -0.1) is 22.7 Å². The molecule has 0 unspecified atom stereocenters. The number of furan rings is 1. The molecule has 0 saturated carbocycles. The highest BCUT2D eigenvalue weighted by molar-refractivity contribution is 7.20. The minimum Gasteiger partial charge on any atom is -0.485 e. The van der Waals surface area contributed by atoms with E-state index in [1.165, 1.54) is 87.2 Å². The Morgan fingerprint density at radius 2 is 0.514 bits per heavy atom. The molecule has 13 heteroatoms. The Balaban J connectivity index is 0.00000215. The van der Waals surface area contributed by atoms with Gasteiger partial charge in [-0.05, 0) is 166 Å². The van der Waals surface area contributed by atoms with Crippen LogP contribution in [0.3, 0.4) is 0 Å². The average Bonchev–Trinajstić information content (AvgIpc) is 1.58. The molecule has 0 saturated heterocycles. The van der Waals surface area contributed by atoms with E-state index in [0.717, 1.165) is 142 Å². The maximum atomic E-state index is 7.32. The van der Waals surface area contributed by atoms with Crippen LogP contribution >= 0.6 is 22.7 Å². The monoisotopic (exact) mass is 1450 g/mol. The molecule has 21 aromatic rings. The summed E-state index contributed by atoms with van der Waals surface area (Å²) < 4.78 is 43.5. The van der Waals surface area contributed by atoms with Gasteiger partial charge in [0.05, 0.1) is 19.5 Å². The van der Waals surface area contributed by atoms with E-state index in [-0.39, 0.29) is 5.71 Å². The van der Waals surface area contributed by atoms with E-state index in [4.69, 9.17) is 23.4 Å². The van der Waals surface area contributed by atoms with Gasteiger partial charge in [0.1, 0.15) is 37.6 Å². The average molecular weight is 1460 g/mol. The fourth-order valence-electron chi connectivity index (χ4n) is 18.1. The highest BCUT2D eigenvalue weighted by Gasteiger charge is 2.33. The Kier molecular flexibility index (Phi) is 13.5. The lowest BCUT2D eigenvalue weighted by atomic mass is 9.94. The van der Waals surface area contributed by atoms with Crippen LogP contribution < -0.4 is 28.7 Å². The van der Waals surface area contributed by atoms with Gasteiger partial charge < -0.3 is 51.4 Å². The minimum atomic E-state index is 0. The molecule has 0 bridgehead atoms. The summed E-state index contributed by atoms with van der Waals surface area (Å²) in [5.74, 6) is 3.02. The number of benzene rings is 14. The van der Waals surface area contributed by atoms with E-state index in [9.17, 15) is 0 Å². The summed E-state index contributed by atoms with van der Waals surface area (Å²) in [4.78, 5) is 8.79. The van der Waals surface area contributed by atoms with Crippen LogP contribution in [0.4, 0.5) is 34.1 Å². The van der Waals surface area contributed by atoms with Crippen LogP contribution in [0.5, 0.6) is 23.0 Å². The number of para-hydroxylation sites is 4. The van der Waals surface area contributed by atoms with E-state index in [1.807, 2.05) is 0 Å². The zero-order chi connectivity index (χ0) is 72.0. The molecule has 0 amide bonds. The largest absolute Gasteiger partial charge is 0.485 e. The summed E-state index contributed by atoms with van der Waals surface area (Å²) in [6.07, 6.45) is 0. The van der Waals surface area contributed by atoms with Crippen molar-refractivity contribution in [3.63, 3.8) is 0 Å². The number of hydrogen-bond donors (Lipinski definition) is 0. The number of aromatic nitrogens is 4. The molecular formula is C96H74N6O5S2.